The molecule has 2 aromatic rings. The fraction of sp³-hybridized carbons (Fsp3) is 0.250. The molecule has 2 aromatic carbocycles. The Balaban J connectivity index is 1.98. The Morgan fingerprint density at radius 2 is 1.78 bits per heavy atom. The molecule has 18 heavy (non-hydrogen) atoms. The first-order valence-corrected chi connectivity index (χ1v) is 7.17. The number of hydrogen-bond donors (Lipinski definition) is 0. The number of benzene rings is 2. The standard InChI is InChI=1S/C16H14BrF/c17-16(14-6-1-2-7-15(14)18)13-9-8-11-4-3-5-12(11)10-13/h1-2,6-10,16H,3-5H2. The van der Waals surface area contributed by atoms with Crippen molar-refractivity contribution in [2.24, 2.45) is 0 Å². The summed E-state index contributed by atoms with van der Waals surface area (Å²) in [5, 5.41) is 0. The van der Waals surface area contributed by atoms with Gasteiger partial charge in [-0.3, -0.25) is 0 Å². The van der Waals surface area contributed by atoms with Crippen molar-refractivity contribution in [3.05, 3.63) is 70.5 Å². The summed E-state index contributed by atoms with van der Waals surface area (Å²) in [6.07, 6.45) is 3.58. The Morgan fingerprint density at radius 1 is 1.00 bits per heavy atom. The van der Waals surface area contributed by atoms with E-state index in [-0.39, 0.29) is 10.6 Å². The molecule has 0 nitrogen and oxygen atoms in total. The largest absolute Gasteiger partial charge is 0.207 e. The molecule has 0 aromatic heterocycles. The molecule has 0 fully saturated rings. The van der Waals surface area contributed by atoms with Crippen molar-refractivity contribution >= 4 is 15.9 Å². The summed E-state index contributed by atoms with van der Waals surface area (Å²) in [7, 11) is 0. The summed E-state index contributed by atoms with van der Waals surface area (Å²) >= 11 is 3.61. The van der Waals surface area contributed by atoms with Crippen molar-refractivity contribution in [2.75, 3.05) is 0 Å². The molecule has 92 valence electrons. The summed E-state index contributed by atoms with van der Waals surface area (Å²) in [6.45, 7) is 0. The third-order valence-corrected chi connectivity index (χ3v) is 4.62. The Labute approximate surface area is 115 Å². The molecule has 0 heterocycles. The number of halogens is 2. The average Bonchev–Trinajstić information content (AvgIpc) is 2.85. The van der Waals surface area contributed by atoms with Crippen molar-refractivity contribution in [1.29, 1.82) is 0 Å². The monoisotopic (exact) mass is 304 g/mol. The highest BCUT2D eigenvalue weighted by molar-refractivity contribution is 9.09. The van der Waals surface area contributed by atoms with Gasteiger partial charge in [-0.2, -0.15) is 0 Å². The minimum atomic E-state index is -0.153. The van der Waals surface area contributed by atoms with Gasteiger partial charge in [0.05, 0.1) is 4.83 Å². The zero-order chi connectivity index (χ0) is 12.5. The van der Waals surface area contributed by atoms with Crippen LogP contribution in [-0.4, -0.2) is 0 Å². The van der Waals surface area contributed by atoms with Gasteiger partial charge in [0, 0.05) is 5.56 Å². The van der Waals surface area contributed by atoms with Gasteiger partial charge >= 0.3 is 0 Å². The van der Waals surface area contributed by atoms with Gasteiger partial charge in [0.1, 0.15) is 5.82 Å². The Hall–Kier alpha value is -1.15. The molecule has 0 bridgehead atoms. The second-order valence-corrected chi connectivity index (χ2v) is 5.68. The van der Waals surface area contributed by atoms with Crippen LogP contribution in [0.3, 0.4) is 0 Å². The topological polar surface area (TPSA) is 0 Å². The van der Waals surface area contributed by atoms with Crippen LogP contribution in [-0.2, 0) is 12.8 Å². The lowest BCUT2D eigenvalue weighted by Gasteiger charge is -2.13. The SMILES string of the molecule is Fc1ccccc1C(Br)c1ccc2c(c1)CCC2. The van der Waals surface area contributed by atoms with Gasteiger partial charge in [-0.15, -0.1) is 0 Å². The Kier molecular flexibility index (Phi) is 3.21. The lowest BCUT2D eigenvalue weighted by Crippen LogP contribution is -1.97. The number of alkyl halides is 1. The molecule has 0 saturated heterocycles. The van der Waals surface area contributed by atoms with E-state index >= 15 is 0 Å². The van der Waals surface area contributed by atoms with E-state index < -0.39 is 0 Å². The molecule has 0 amide bonds. The highest BCUT2D eigenvalue weighted by Gasteiger charge is 2.17. The molecule has 2 heteroatoms. The van der Waals surface area contributed by atoms with Crippen LogP contribution in [0.5, 0.6) is 0 Å². The van der Waals surface area contributed by atoms with E-state index in [1.165, 1.54) is 30.0 Å². The quantitative estimate of drug-likeness (QED) is 0.699. The van der Waals surface area contributed by atoms with E-state index in [4.69, 9.17) is 0 Å². The predicted octanol–water partition coefficient (Wildman–Crippen LogP) is 4.80. The summed E-state index contributed by atoms with van der Waals surface area (Å²) in [4.78, 5) is -0.0652. The van der Waals surface area contributed by atoms with E-state index in [1.807, 2.05) is 12.1 Å². The molecular weight excluding hydrogens is 291 g/mol. The molecule has 0 aliphatic heterocycles. The van der Waals surface area contributed by atoms with E-state index in [2.05, 4.69) is 34.1 Å². The summed E-state index contributed by atoms with van der Waals surface area (Å²) < 4.78 is 13.8. The van der Waals surface area contributed by atoms with Crippen LogP contribution in [0, 0.1) is 5.82 Å². The average molecular weight is 305 g/mol. The van der Waals surface area contributed by atoms with Crippen LogP contribution in [0.15, 0.2) is 42.5 Å². The lowest BCUT2D eigenvalue weighted by molar-refractivity contribution is 0.613. The first-order valence-electron chi connectivity index (χ1n) is 6.26. The summed E-state index contributed by atoms with van der Waals surface area (Å²) in [6, 6.07) is 13.5. The van der Waals surface area contributed by atoms with Crippen molar-refractivity contribution in [3.8, 4) is 0 Å². The Bertz CT molecular complexity index is 577. The Morgan fingerprint density at radius 3 is 2.61 bits per heavy atom. The van der Waals surface area contributed by atoms with Gasteiger partial charge < -0.3 is 0 Å². The zero-order valence-electron chi connectivity index (χ0n) is 10.00. The molecule has 0 saturated carbocycles. The highest BCUT2D eigenvalue weighted by Crippen LogP contribution is 2.34. The number of aryl methyl sites for hydroxylation is 2. The molecule has 0 spiro atoms. The maximum atomic E-state index is 13.8. The molecule has 1 atom stereocenters. The first kappa shape index (κ1) is 11.9. The van der Waals surface area contributed by atoms with Gasteiger partial charge in [-0.05, 0) is 42.0 Å². The maximum Gasteiger partial charge on any atom is 0.127 e. The van der Waals surface area contributed by atoms with Gasteiger partial charge in [-0.25, -0.2) is 4.39 Å². The third-order valence-electron chi connectivity index (χ3n) is 3.59. The summed E-state index contributed by atoms with van der Waals surface area (Å²) in [5.41, 5.74) is 4.72. The van der Waals surface area contributed by atoms with E-state index in [9.17, 15) is 4.39 Å². The predicted molar refractivity (Wildman–Crippen MR) is 75.6 cm³/mol. The van der Waals surface area contributed by atoms with Gasteiger partial charge in [-0.1, -0.05) is 52.3 Å². The maximum absolute atomic E-state index is 13.8. The molecule has 3 rings (SSSR count). The fourth-order valence-electron chi connectivity index (χ4n) is 2.61. The molecule has 1 aliphatic rings. The van der Waals surface area contributed by atoms with Gasteiger partial charge in [0.25, 0.3) is 0 Å². The molecule has 1 aliphatic carbocycles. The first-order chi connectivity index (χ1) is 8.75. The van der Waals surface area contributed by atoms with Crippen LogP contribution >= 0.6 is 15.9 Å². The van der Waals surface area contributed by atoms with E-state index in [0.29, 0.717) is 5.56 Å². The minimum absolute atomic E-state index is 0.0652. The van der Waals surface area contributed by atoms with Gasteiger partial charge in [0.15, 0.2) is 0 Å². The fourth-order valence-corrected chi connectivity index (χ4v) is 3.27. The second kappa shape index (κ2) is 4.85. The van der Waals surface area contributed by atoms with Crippen molar-refractivity contribution in [2.45, 2.75) is 24.1 Å². The van der Waals surface area contributed by atoms with Crippen LogP contribution in [0.4, 0.5) is 4.39 Å². The number of rotatable bonds is 2. The van der Waals surface area contributed by atoms with E-state index in [1.54, 1.807) is 6.07 Å². The van der Waals surface area contributed by atoms with Crippen molar-refractivity contribution in [3.63, 3.8) is 0 Å². The third kappa shape index (κ3) is 2.10. The smallest absolute Gasteiger partial charge is 0.127 e. The normalized spacial score (nSPS) is 15.4. The van der Waals surface area contributed by atoms with E-state index in [0.717, 1.165) is 12.0 Å². The van der Waals surface area contributed by atoms with Gasteiger partial charge in [0.2, 0.25) is 0 Å². The second-order valence-electron chi connectivity index (χ2n) is 4.77. The number of hydrogen-bond acceptors (Lipinski definition) is 0. The summed E-state index contributed by atoms with van der Waals surface area (Å²) in [5.74, 6) is -0.153. The minimum Gasteiger partial charge on any atom is -0.207 e. The van der Waals surface area contributed by atoms with Crippen molar-refractivity contribution in [1.82, 2.24) is 0 Å². The molecule has 1 unspecified atom stereocenters. The lowest BCUT2D eigenvalue weighted by atomic mass is 10.00. The zero-order valence-corrected chi connectivity index (χ0v) is 11.6. The number of fused-ring (bicyclic) bond motifs is 1. The highest BCUT2D eigenvalue weighted by atomic mass is 79.9. The van der Waals surface area contributed by atoms with Crippen LogP contribution in [0.2, 0.25) is 0 Å². The molecule has 0 N–H and O–H groups in total. The van der Waals surface area contributed by atoms with Crippen LogP contribution < -0.4 is 0 Å². The molecule has 0 radical (unpaired) electrons. The van der Waals surface area contributed by atoms with Crippen LogP contribution in [0.1, 0.15) is 33.5 Å². The van der Waals surface area contributed by atoms with Crippen LogP contribution in [0.25, 0.3) is 0 Å². The molecular formula is C16H14BrF. The van der Waals surface area contributed by atoms with Crippen molar-refractivity contribution < 1.29 is 4.39 Å².